The molecule has 0 heterocycles. The Labute approximate surface area is 190 Å². The molecule has 0 atom stereocenters. The van der Waals surface area contributed by atoms with Gasteiger partial charge in [0.05, 0.1) is 0 Å². The Hall–Kier alpha value is -3.67. The van der Waals surface area contributed by atoms with Gasteiger partial charge in [-0.2, -0.15) is 0 Å². The van der Waals surface area contributed by atoms with E-state index in [1.807, 2.05) is 18.2 Å². The van der Waals surface area contributed by atoms with Gasteiger partial charge < -0.3 is 0 Å². The first-order valence-electron chi connectivity index (χ1n) is 10.8. The minimum atomic E-state index is -3.62. The van der Waals surface area contributed by atoms with E-state index in [9.17, 15) is 0 Å². The van der Waals surface area contributed by atoms with Crippen molar-refractivity contribution in [3.8, 4) is 5.75 Å². The first-order chi connectivity index (χ1) is 15.8. The fraction of sp³-hybridized carbons (Fsp3) is 0. The third kappa shape index (κ3) is 3.06. The second-order valence-electron chi connectivity index (χ2n) is 7.78. The van der Waals surface area contributed by atoms with Crippen molar-refractivity contribution in [3.05, 3.63) is 152 Å². The molecule has 0 saturated carbocycles. The van der Waals surface area contributed by atoms with E-state index in [-0.39, 0.29) is 0 Å². The molecule has 0 fully saturated rings. The molecular formula is C30H25OP. The third-order valence-electron chi connectivity index (χ3n) is 6.03. The second-order valence-corrected chi connectivity index (χ2v) is 12.1. The van der Waals surface area contributed by atoms with E-state index in [2.05, 4.69) is 133 Å². The number of rotatable bonds is 6. The van der Waals surface area contributed by atoms with Gasteiger partial charge in [0.25, 0.3) is 0 Å². The average molecular weight is 433 g/mol. The van der Waals surface area contributed by atoms with Gasteiger partial charge in [-0.15, -0.1) is 0 Å². The van der Waals surface area contributed by atoms with E-state index in [1.54, 1.807) is 0 Å². The standard InChI is InChI=1S/C30H25OP/c1-6-16-26(17-7-1)31-32(27-18-8-2-9-19-27,28-20-10-3-11-21-28,29-22-12-4-13-23-29)30-24-14-5-15-25-30/h1-25H. The normalized spacial score (nSPS) is 12.4. The number of para-hydroxylation sites is 1. The van der Waals surface area contributed by atoms with E-state index in [1.165, 1.54) is 21.2 Å². The van der Waals surface area contributed by atoms with Gasteiger partial charge in [0.15, 0.2) is 0 Å². The molecule has 0 saturated heterocycles. The first kappa shape index (κ1) is 20.2. The molecule has 0 aliphatic carbocycles. The van der Waals surface area contributed by atoms with Crippen LogP contribution in [0.3, 0.4) is 0 Å². The molecule has 0 aromatic heterocycles. The van der Waals surface area contributed by atoms with Crippen molar-refractivity contribution >= 4 is 28.0 Å². The number of hydrogen-bond acceptors (Lipinski definition) is 1. The van der Waals surface area contributed by atoms with E-state index >= 15 is 0 Å². The SMILES string of the molecule is c1ccc(OP(c2ccccc2)(c2ccccc2)(c2ccccc2)c2ccccc2)cc1. The van der Waals surface area contributed by atoms with Crippen LogP contribution in [0.1, 0.15) is 0 Å². The zero-order valence-corrected chi connectivity index (χ0v) is 18.7. The Morgan fingerprint density at radius 2 is 0.562 bits per heavy atom. The Balaban J connectivity index is 2.04. The molecule has 0 unspecified atom stereocenters. The summed E-state index contributed by atoms with van der Waals surface area (Å²) in [6, 6.07) is 53.1. The maximum atomic E-state index is 7.46. The Kier molecular flexibility index (Phi) is 5.35. The van der Waals surface area contributed by atoms with Crippen molar-refractivity contribution < 1.29 is 4.52 Å². The van der Waals surface area contributed by atoms with Gasteiger partial charge in [0.1, 0.15) is 0 Å². The van der Waals surface area contributed by atoms with Gasteiger partial charge in [-0.3, -0.25) is 0 Å². The van der Waals surface area contributed by atoms with Crippen LogP contribution in [0.5, 0.6) is 5.75 Å². The van der Waals surface area contributed by atoms with Crippen LogP contribution in [-0.2, 0) is 0 Å². The molecule has 156 valence electrons. The van der Waals surface area contributed by atoms with Crippen LogP contribution in [-0.4, -0.2) is 0 Å². The molecule has 0 aliphatic rings. The average Bonchev–Trinajstić information content (AvgIpc) is 2.90. The minimum absolute atomic E-state index is 0.852. The van der Waals surface area contributed by atoms with Crippen molar-refractivity contribution in [1.82, 2.24) is 0 Å². The third-order valence-corrected chi connectivity index (χ3v) is 11.7. The zero-order valence-electron chi connectivity index (χ0n) is 17.8. The molecule has 5 rings (SSSR count). The van der Waals surface area contributed by atoms with Crippen LogP contribution in [0.15, 0.2) is 152 Å². The van der Waals surface area contributed by atoms with E-state index in [0.29, 0.717) is 0 Å². The van der Waals surface area contributed by atoms with Gasteiger partial charge in [0, 0.05) is 0 Å². The Morgan fingerprint density at radius 1 is 0.312 bits per heavy atom. The molecule has 0 amide bonds. The Morgan fingerprint density at radius 3 is 0.844 bits per heavy atom. The number of benzene rings is 5. The van der Waals surface area contributed by atoms with Crippen molar-refractivity contribution in [2.75, 3.05) is 0 Å². The van der Waals surface area contributed by atoms with Gasteiger partial charge >= 0.3 is 190 Å². The summed E-state index contributed by atoms with van der Waals surface area (Å²) in [4.78, 5) is 0. The molecule has 0 radical (unpaired) electrons. The van der Waals surface area contributed by atoms with Gasteiger partial charge in [-0.25, -0.2) is 0 Å². The maximum absolute atomic E-state index is 7.46. The molecule has 32 heavy (non-hydrogen) atoms. The van der Waals surface area contributed by atoms with Crippen LogP contribution in [0.2, 0.25) is 0 Å². The van der Waals surface area contributed by atoms with Crippen molar-refractivity contribution in [2.24, 2.45) is 0 Å². The fourth-order valence-electron chi connectivity index (χ4n) is 4.65. The molecule has 0 N–H and O–H groups in total. The zero-order chi connectivity index (χ0) is 21.7. The van der Waals surface area contributed by atoms with Gasteiger partial charge in [-0.1, -0.05) is 0 Å². The second kappa shape index (κ2) is 8.46. The van der Waals surface area contributed by atoms with E-state index in [4.69, 9.17) is 4.52 Å². The topological polar surface area (TPSA) is 9.23 Å². The van der Waals surface area contributed by atoms with Crippen LogP contribution < -0.4 is 25.7 Å². The van der Waals surface area contributed by atoms with Crippen molar-refractivity contribution in [1.29, 1.82) is 0 Å². The summed E-state index contributed by atoms with van der Waals surface area (Å²) in [7, 11) is 0. The van der Waals surface area contributed by atoms with Crippen LogP contribution in [0.25, 0.3) is 0 Å². The molecule has 0 bridgehead atoms. The van der Waals surface area contributed by atoms with E-state index in [0.717, 1.165) is 5.75 Å². The molecule has 5 aromatic rings. The van der Waals surface area contributed by atoms with Gasteiger partial charge in [0.2, 0.25) is 0 Å². The molecule has 0 aliphatic heterocycles. The summed E-state index contributed by atoms with van der Waals surface area (Å²) in [5.74, 6) is 0.852. The predicted octanol–water partition coefficient (Wildman–Crippen LogP) is 5.84. The van der Waals surface area contributed by atoms with Crippen LogP contribution in [0.4, 0.5) is 0 Å². The monoisotopic (exact) mass is 432 g/mol. The summed E-state index contributed by atoms with van der Waals surface area (Å²) in [5, 5.41) is 4.69. The summed E-state index contributed by atoms with van der Waals surface area (Å²) in [6.07, 6.45) is 0. The quantitative estimate of drug-likeness (QED) is 0.307. The fourth-order valence-corrected chi connectivity index (χ4v) is 10.4. The Bertz CT molecular complexity index is 1100. The predicted molar refractivity (Wildman–Crippen MR) is 138 cm³/mol. The van der Waals surface area contributed by atoms with Crippen LogP contribution >= 0.6 is 6.83 Å². The van der Waals surface area contributed by atoms with E-state index < -0.39 is 6.83 Å². The summed E-state index contributed by atoms with van der Waals surface area (Å²) < 4.78 is 7.46. The molecule has 5 aromatic carbocycles. The molecule has 1 nitrogen and oxygen atoms in total. The van der Waals surface area contributed by atoms with Crippen molar-refractivity contribution in [3.63, 3.8) is 0 Å². The molecule has 2 heteroatoms. The number of hydrogen-bond donors (Lipinski definition) is 0. The summed E-state index contributed by atoms with van der Waals surface area (Å²) in [6.45, 7) is -3.62. The van der Waals surface area contributed by atoms with Gasteiger partial charge in [-0.05, 0) is 0 Å². The van der Waals surface area contributed by atoms with Crippen LogP contribution in [0, 0.1) is 0 Å². The molecular weight excluding hydrogens is 407 g/mol. The van der Waals surface area contributed by atoms with Crippen molar-refractivity contribution in [2.45, 2.75) is 0 Å². The molecule has 0 spiro atoms. The summed E-state index contributed by atoms with van der Waals surface area (Å²) in [5.41, 5.74) is 0. The summed E-state index contributed by atoms with van der Waals surface area (Å²) >= 11 is 0. The first-order valence-corrected chi connectivity index (χ1v) is 13.0.